The van der Waals surface area contributed by atoms with Crippen molar-refractivity contribution in [3.8, 4) is 0 Å². The molecule has 2 unspecified atom stereocenters. The van der Waals surface area contributed by atoms with Crippen LogP contribution >= 0.6 is 11.8 Å². The molecule has 0 aromatic carbocycles. The molecule has 2 atom stereocenters. The van der Waals surface area contributed by atoms with E-state index < -0.39 is 0 Å². The van der Waals surface area contributed by atoms with Gasteiger partial charge in [0.25, 0.3) is 0 Å². The second kappa shape index (κ2) is 5.94. The van der Waals surface area contributed by atoms with E-state index in [4.69, 9.17) is 0 Å². The van der Waals surface area contributed by atoms with Crippen molar-refractivity contribution in [2.45, 2.75) is 51.6 Å². The summed E-state index contributed by atoms with van der Waals surface area (Å²) in [6.07, 6.45) is 3.95. The number of piperazine rings is 1. The predicted octanol–water partition coefficient (Wildman–Crippen LogP) is 2.59. The molecule has 2 saturated heterocycles. The molecule has 0 amide bonds. The number of rotatable bonds is 4. The van der Waals surface area contributed by atoms with Gasteiger partial charge in [-0.25, -0.2) is 0 Å². The molecule has 0 aromatic rings. The van der Waals surface area contributed by atoms with Crippen molar-refractivity contribution in [3.05, 3.63) is 0 Å². The number of nitrogens with zero attached hydrogens (tertiary/aromatic N) is 1. The first kappa shape index (κ1) is 13.7. The van der Waals surface area contributed by atoms with Crippen LogP contribution in [0.4, 0.5) is 0 Å². The van der Waals surface area contributed by atoms with Gasteiger partial charge in [-0.1, -0.05) is 13.8 Å². The first-order valence-corrected chi connectivity index (χ1v) is 8.41. The summed E-state index contributed by atoms with van der Waals surface area (Å²) in [5.41, 5.74) is 0.387. The summed E-state index contributed by atoms with van der Waals surface area (Å²) in [7, 11) is 0. The zero-order chi connectivity index (χ0) is 12.3. The Morgan fingerprint density at radius 3 is 2.71 bits per heavy atom. The molecule has 0 aliphatic carbocycles. The lowest BCUT2D eigenvalue weighted by Gasteiger charge is -2.47. The minimum atomic E-state index is 0.387. The highest BCUT2D eigenvalue weighted by Gasteiger charge is 2.35. The molecule has 0 radical (unpaired) electrons. The third kappa shape index (κ3) is 3.18. The highest BCUT2D eigenvalue weighted by atomic mass is 32.2. The van der Waals surface area contributed by atoms with Crippen molar-refractivity contribution < 1.29 is 0 Å². The number of thioether (sulfide) groups is 1. The van der Waals surface area contributed by atoms with Crippen LogP contribution in [-0.2, 0) is 0 Å². The van der Waals surface area contributed by atoms with E-state index in [1.807, 2.05) is 0 Å². The first-order chi connectivity index (χ1) is 8.19. The van der Waals surface area contributed by atoms with Crippen molar-refractivity contribution in [1.29, 1.82) is 0 Å². The molecular weight excluding hydrogens is 228 g/mol. The maximum absolute atomic E-state index is 3.79. The maximum Gasteiger partial charge on any atom is 0.0304 e. The van der Waals surface area contributed by atoms with Gasteiger partial charge in [0, 0.05) is 31.2 Å². The molecule has 2 heterocycles. The van der Waals surface area contributed by atoms with Crippen molar-refractivity contribution >= 4 is 11.8 Å². The van der Waals surface area contributed by atoms with Crippen molar-refractivity contribution in [3.63, 3.8) is 0 Å². The summed E-state index contributed by atoms with van der Waals surface area (Å²) in [4.78, 5) is 2.75. The van der Waals surface area contributed by atoms with Gasteiger partial charge < -0.3 is 5.32 Å². The van der Waals surface area contributed by atoms with E-state index in [0.717, 1.165) is 5.92 Å². The van der Waals surface area contributed by atoms with Gasteiger partial charge in [0.1, 0.15) is 0 Å². The van der Waals surface area contributed by atoms with Crippen LogP contribution in [0.1, 0.15) is 40.0 Å². The van der Waals surface area contributed by atoms with E-state index in [9.17, 15) is 0 Å². The standard InChI is InChI=1S/C14H28N2S/c1-4-14(5-2)11-16(12(3)8-15-14)9-13-6-7-17-10-13/h12-13,15H,4-11H2,1-3H3. The van der Waals surface area contributed by atoms with Gasteiger partial charge >= 0.3 is 0 Å². The van der Waals surface area contributed by atoms with Gasteiger partial charge in [-0.05, 0) is 43.6 Å². The van der Waals surface area contributed by atoms with Crippen LogP contribution in [0.25, 0.3) is 0 Å². The fourth-order valence-corrected chi connectivity index (χ4v) is 4.39. The molecule has 0 aromatic heterocycles. The molecule has 2 nitrogen and oxygen atoms in total. The molecule has 100 valence electrons. The normalized spacial score (nSPS) is 34.1. The summed E-state index contributed by atoms with van der Waals surface area (Å²) in [5.74, 6) is 3.73. The topological polar surface area (TPSA) is 15.3 Å². The zero-order valence-corrected chi connectivity index (χ0v) is 12.5. The lowest BCUT2D eigenvalue weighted by molar-refractivity contribution is 0.0699. The average molecular weight is 256 g/mol. The molecule has 1 N–H and O–H groups in total. The van der Waals surface area contributed by atoms with Gasteiger partial charge in [-0.15, -0.1) is 0 Å². The third-order valence-electron chi connectivity index (χ3n) is 4.77. The van der Waals surface area contributed by atoms with Gasteiger partial charge in [0.2, 0.25) is 0 Å². The first-order valence-electron chi connectivity index (χ1n) is 7.26. The quantitative estimate of drug-likeness (QED) is 0.832. The van der Waals surface area contributed by atoms with Crippen LogP contribution in [-0.4, -0.2) is 47.6 Å². The van der Waals surface area contributed by atoms with Gasteiger partial charge in [-0.2, -0.15) is 11.8 Å². The molecular formula is C14H28N2S. The van der Waals surface area contributed by atoms with E-state index in [1.165, 1.54) is 50.4 Å². The predicted molar refractivity (Wildman–Crippen MR) is 77.8 cm³/mol. The molecule has 0 spiro atoms. The monoisotopic (exact) mass is 256 g/mol. The molecule has 2 rings (SSSR count). The average Bonchev–Trinajstić information content (AvgIpc) is 2.85. The molecule has 0 bridgehead atoms. The summed E-state index contributed by atoms with van der Waals surface area (Å²) in [5, 5.41) is 3.79. The zero-order valence-electron chi connectivity index (χ0n) is 11.7. The van der Waals surface area contributed by atoms with Crippen LogP contribution in [0.3, 0.4) is 0 Å². The van der Waals surface area contributed by atoms with Crippen molar-refractivity contribution in [2.75, 3.05) is 31.1 Å². The SMILES string of the molecule is CCC1(CC)CN(CC2CCSC2)C(C)CN1. The Labute approximate surface area is 111 Å². The highest BCUT2D eigenvalue weighted by Crippen LogP contribution is 2.28. The van der Waals surface area contributed by atoms with E-state index in [1.54, 1.807) is 0 Å². The lowest BCUT2D eigenvalue weighted by Crippen LogP contribution is -2.63. The highest BCUT2D eigenvalue weighted by molar-refractivity contribution is 7.99. The molecule has 2 aliphatic rings. The molecule has 3 heteroatoms. The largest absolute Gasteiger partial charge is 0.308 e. The van der Waals surface area contributed by atoms with Crippen LogP contribution < -0.4 is 5.32 Å². The van der Waals surface area contributed by atoms with Crippen LogP contribution in [0.15, 0.2) is 0 Å². The van der Waals surface area contributed by atoms with Crippen LogP contribution in [0, 0.1) is 5.92 Å². The Kier molecular flexibility index (Phi) is 4.79. The summed E-state index contributed by atoms with van der Waals surface area (Å²) in [6, 6.07) is 0.715. The lowest BCUT2D eigenvalue weighted by atomic mass is 9.88. The van der Waals surface area contributed by atoms with E-state index >= 15 is 0 Å². The number of nitrogens with one attached hydrogen (secondary N) is 1. The fraction of sp³-hybridized carbons (Fsp3) is 1.00. The minimum absolute atomic E-state index is 0.387. The van der Waals surface area contributed by atoms with Crippen molar-refractivity contribution in [2.24, 2.45) is 5.92 Å². The second-order valence-electron chi connectivity index (χ2n) is 5.88. The molecule has 17 heavy (non-hydrogen) atoms. The Hall–Kier alpha value is 0.270. The maximum atomic E-state index is 3.79. The third-order valence-corrected chi connectivity index (χ3v) is 6.00. The fourth-order valence-electron chi connectivity index (χ4n) is 3.12. The van der Waals surface area contributed by atoms with E-state index in [-0.39, 0.29) is 0 Å². The van der Waals surface area contributed by atoms with Crippen LogP contribution in [0.5, 0.6) is 0 Å². The van der Waals surface area contributed by atoms with Gasteiger partial charge in [-0.3, -0.25) is 4.90 Å². The number of hydrogen-bond acceptors (Lipinski definition) is 3. The summed E-state index contributed by atoms with van der Waals surface area (Å²) < 4.78 is 0. The smallest absolute Gasteiger partial charge is 0.0304 e. The number of hydrogen-bond donors (Lipinski definition) is 1. The van der Waals surface area contributed by atoms with Gasteiger partial charge in [0.05, 0.1) is 0 Å². The molecule has 2 fully saturated rings. The van der Waals surface area contributed by atoms with Crippen LogP contribution in [0.2, 0.25) is 0 Å². The summed E-state index contributed by atoms with van der Waals surface area (Å²) >= 11 is 2.14. The summed E-state index contributed by atoms with van der Waals surface area (Å²) in [6.45, 7) is 10.8. The Morgan fingerprint density at radius 2 is 2.12 bits per heavy atom. The molecule has 0 saturated carbocycles. The van der Waals surface area contributed by atoms with E-state index in [0.29, 0.717) is 11.6 Å². The van der Waals surface area contributed by atoms with Crippen molar-refractivity contribution in [1.82, 2.24) is 10.2 Å². The molecule has 2 aliphatic heterocycles. The Balaban J connectivity index is 1.93. The minimum Gasteiger partial charge on any atom is -0.308 e. The second-order valence-corrected chi connectivity index (χ2v) is 7.03. The van der Waals surface area contributed by atoms with Gasteiger partial charge in [0.15, 0.2) is 0 Å². The Bertz CT molecular complexity index is 234. The Morgan fingerprint density at radius 1 is 1.35 bits per heavy atom. The van der Waals surface area contributed by atoms with E-state index in [2.05, 4.69) is 42.7 Å².